The number of hydrogen-bond donors (Lipinski definition) is 1. The maximum Gasteiger partial charge on any atom is 1.00 e. The first-order valence-corrected chi connectivity index (χ1v) is 11.2. The number of rotatable bonds is 5. The summed E-state index contributed by atoms with van der Waals surface area (Å²) in [5, 5.41) is 0. The SMILES string of the molecule is COc1ccc(Cc2c(-c3ccccc3)ssc2=S)cc1S(=O)(=O)O.[Na+]. The Kier molecular flexibility index (Phi) is 7.58. The standard InChI is InChI=1S/C17H14O4S4.Na/c1-21-14-8-7-11(10-15(14)25(18,19)20)9-13-16(23-24-17(13)22)12-5-3-2-4-6-12;/h2-8,10H,9H2,1H3,(H,18,19,20);/q;+1. The number of hydrogen-bond acceptors (Lipinski definition) is 6. The predicted molar refractivity (Wildman–Crippen MR) is 104 cm³/mol. The molecule has 0 atom stereocenters. The van der Waals surface area contributed by atoms with Crippen molar-refractivity contribution >= 4 is 43.0 Å². The fourth-order valence-corrected chi connectivity index (χ4v) is 6.10. The van der Waals surface area contributed by atoms with Crippen LogP contribution in [-0.2, 0) is 16.5 Å². The molecule has 1 heterocycles. The second-order valence-corrected chi connectivity index (χ2v) is 9.47. The largest absolute Gasteiger partial charge is 1.00 e. The fraction of sp³-hybridized carbons (Fsp3) is 0.118. The molecule has 3 rings (SSSR count). The summed E-state index contributed by atoms with van der Waals surface area (Å²) in [6, 6.07) is 14.7. The molecular formula is C17H14NaO4S4+. The van der Waals surface area contributed by atoms with Gasteiger partial charge in [-0.25, -0.2) is 0 Å². The maximum atomic E-state index is 11.6. The minimum Gasteiger partial charge on any atom is -0.495 e. The average molecular weight is 434 g/mol. The van der Waals surface area contributed by atoms with Crippen molar-refractivity contribution in [2.45, 2.75) is 11.3 Å². The molecule has 0 fully saturated rings. The summed E-state index contributed by atoms with van der Waals surface area (Å²) in [6.45, 7) is 0. The molecule has 2 aromatic carbocycles. The van der Waals surface area contributed by atoms with Crippen LogP contribution in [0.25, 0.3) is 10.4 Å². The molecule has 0 amide bonds. The molecule has 0 aliphatic rings. The molecule has 0 radical (unpaired) electrons. The van der Waals surface area contributed by atoms with Crippen LogP contribution in [0.2, 0.25) is 0 Å². The normalized spacial score (nSPS) is 11.0. The van der Waals surface area contributed by atoms with Gasteiger partial charge in [-0.1, -0.05) is 69.3 Å². The molecule has 9 heteroatoms. The molecule has 0 saturated carbocycles. The Morgan fingerprint density at radius 1 is 1.12 bits per heavy atom. The monoisotopic (exact) mass is 433 g/mol. The molecule has 130 valence electrons. The van der Waals surface area contributed by atoms with Gasteiger partial charge in [0, 0.05) is 12.0 Å². The molecule has 0 saturated heterocycles. The Balaban J connectivity index is 0.00000243. The van der Waals surface area contributed by atoms with Crippen LogP contribution in [0.3, 0.4) is 0 Å². The summed E-state index contributed by atoms with van der Waals surface area (Å²) in [4.78, 5) is 0.846. The van der Waals surface area contributed by atoms with Crippen molar-refractivity contribution in [3.05, 3.63) is 63.5 Å². The zero-order valence-electron chi connectivity index (χ0n) is 14.1. The third-order valence-electron chi connectivity index (χ3n) is 3.64. The fourth-order valence-electron chi connectivity index (χ4n) is 2.47. The van der Waals surface area contributed by atoms with Crippen LogP contribution in [0.5, 0.6) is 5.75 Å². The molecule has 3 aromatic rings. The summed E-state index contributed by atoms with van der Waals surface area (Å²) in [7, 11) is 0.133. The minimum absolute atomic E-state index is 0. The maximum absolute atomic E-state index is 11.6. The van der Waals surface area contributed by atoms with Gasteiger partial charge in [0.05, 0.1) is 12.0 Å². The molecule has 0 bridgehead atoms. The van der Waals surface area contributed by atoms with E-state index in [2.05, 4.69) is 0 Å². The van der Waals surface area contributed by atoms with Crippen LogP contribution < -0.4 is 34.3 Å². The van der Waals surface area contributed by atoms with E-state index in [0.717, 1.165) is 25.4 Å². The predicted octanol–water partition coefficient (Wildman–Crippen LogP) is 2.06. The summed E-state index contributed by atoms with van der Waals surface area (Å²) in [6.07, 6.45) is 0.482. The molecule has 0 spiro atoms. The van der Waals surface area contributed by atoms with Crippen molar-refractivity contribution in [2.75, 3.05) is 7.11 Å². The van der Waals surface area contributed by atoms with Gasteiger partial charge in [0.1, 0.15) is 14.5 Å². The van der Waals surface area contributed by atoms with Gasteiger partial charge in [0.15, 0.2) is 0 Å². The first kappa shape index (κ1) is 21.7. The van der Waals surface area contributed by atoms with Crippen LogP contribution in [0.15, 0.2) is 53.4 Å². The van der Waals surface area contributed by atoms with Crippen LogP contribution in [0.1, 0.15) is 11.1 Å². The molecule has 0 unspecified atom stereocenters. The molecule has 4 nitrogen and oxygen atoms in total. The van der Waals surface area contributed by atoms with E-state index >= 15 is 0 Å². The topological polar surface area (TPSA) is 63.6 Å². The Bertz CT molecular complexity index is 1060. The zero-order valence-corrected chi connectivity index (χ0v) is 19.4. The Morgan fingerprint density at radius 2 is 1.81 bits per heavy atom. The van der Waals surface area contributed by atoms with Crippen LogP contribution in [0, 0.1) is 3.82 Å². The van der Waals surface area contributed by atoms with E-state index in [9.17, 15) is 13.0 Å². The first-order valence-electron chi connectivity index (χ1n) is 7.22. The van der Waals surface area contributed by atoms with E-state index in [0.29, 0.717) is 6.42 Å². The first-order chi connectivity index (χ1) is 11.9. The number of ether oxygens (including phenoxy) is 1. The second-order valence-electron chi connectivity index (χ2n) is 5.26. The number of benzene rings is 2. The van der Waals surface area contributed by atoms with Gasteiger partial charge in [-0.2, -0.15) is 8.42 Å². The van der Waals surface area contributed by atoms with Gasteiger partial charge in [-0.3, -0.25) is 4.55 Å². The molecule has 26 heavy (non-hydrogen) atoms. The van der Waals surface area contributed by atoms with E-state index in [1.807, 2.05) is 30.3 Å². The van der Waals surface area contributed by atoms with Crippen molar-refractivity contribution in [3.63, 3.8) is 0 Å². The van der Waals surface area contributed by atoms with Gasteiger partial charge < -0.3 is 4.74 Å². The van der Waals surface area contributed by atoms with Crippen LogP contribution in [0.4, 0.5) is 0 Å². The number of methoxy groups -OCH3 is 1. The van der Waals surface area contributed by atoms with E-state index in [4.69, 9.17) is 17.0 Å². The van der Waals surface area contributed by atoms with Gasteiger partial charge in [0.25, 0.3) is 10.1 Å². The zero-order chi connectivity index (χ0) is 18.0. The Labute approximate surface area is 186 Å². The molecule has 0 aliphatic carbocycles. The third-order valence-corrected chi connectivity index (χ3v) is 7.71. The van der Waals surface area contributed by atoms with Crippen LogP contribution >= 0.6 is 32.9 Å². The van der Waals surface area contributed by atoms with E-state index < -0.39 is 10.1 Å². The Hall–Kier alpha value is -0.580. The molecular weight excluding hydrogens is 419 g/mol. The minimum atomic E-state index is -4.37. The van der Waals surface area contributed by atoms with Crippen LogP contribution in [-0.4, -0.2) is 20.1 Å². The van der Waals surface area contributed by atoms with E-state index in [-0.39, 0.29) is 40.2 Å². The van der Waals surface area contributed by atoms with Gasteiger partial charge in [0.2, 0.25) is 0 Å². The summed E-state index contributed by atoms with van der Waals surface area (Å²) < 4.78 is 38.4. The summed E-state index contributed by atoms with van der Waals surface area (Å²) in [5.41, 5.74) is 2.81. The van der Waals surface area contributed by atoms with Crippen molar-refractivity contribution in [1.29, 1.82) is 0 Å². The molecule has 0 aliphatic heterocycles. The summed E-state index contributed by atoms with van der Waals surface area (Å²) in [5.74, 6) is 0.112. The van der Waals surface area contributed by atoms with Gasteiger partial charge in [-0.05, 0) is 23.3 Å². The van der Waals surface area contributed by atoms with E-state index in [1.54, 1.807) is 22.5 Å². The third kappa shape index (κ3) is 4.82. The van der Waals surface area contributed by atoms with Crippen molar-refractivity contribution < 1.29 is 47.3 Å². The quantitative estimate of drug-likeness (QED) is 0.289. The van der Waals surface area contributed by atoms with Gasteiger partial charge >= 0.3 is 29.6 Å². The Morgan fingerprint density at radius 3 is 2.42 bits per heavy atom. The average Bonchev–Trinajstić information content (AvgIpc) is 2.95. The smallest absolute Gasteiger partial charge is 0.495 e. The molecule has 1 N–H and O–H groups in total. The van der Waals surface area contributed by atoms with Crippen molar-refractivity contribution in [3.8, 4) is 16.2 Å². The van der Waals surface area contributed by atoms with Gasteiger partial charge in [-0.15, -0.1) is 0 Å². The summed E-state index contributed by atoms with van der Waals surface area (Å²) >= 11 is 5.46. The second kappa shape index (κ2) is 9.07. The van der Waals surface area contributed by atoms with Crippen molar-refractivity contribution in [2.24, 2.45) is 0 Å². The van der Waals surface area contributed by atoms with E-state index in [1.165, 1.54) is 23.5 Å². The molecule has 1 aromatic heterocycles. The van der Waals surface area contributed by atoms with Crippen molar-refractivity contribution in [1.82, 2.24) is 0 Å².